The van der Waals surface area contributed by atoms with Crippen LogP contribution in [-0.2, 0) is 43.4 Å². The van der Waals surface area contributed by atoms with Crippen LogP contribution < -0.4 is 21.3 Å². The van der Waals surface area contributed by atoms with E-state index in [1.807, 2.05) is 83.8 Å². The number of hydrogen-bond donors (Lipinski definition) is 4. The van der Waals surface area contributed by atoms with Crippen LogP contribution in [0.2, 0.25) is 0 Å². The quantitative estimate of drug-likeness (QED) is 0.186. The molecule has 16 nitrogen and oxygen atoms in total. The third-order valence-corrected chi connectivity index (χ3v) is 10.1. The molecule has 3 aromatic carbocycles. The average Bonchev–Trinajstić information content (AvgIpc) is 3.74. The molecule has 4 saturated heterocycles. The predicted octanol–water partition coefficient (Wildman–Crippen LogP) is 2.00. The number of piperazine rings is 1. The van der Waals surface area contributed by atoms with Crippen molar-refractivity contribution >= 4 is 35.5 Å². The molecule has 16 heteroatoms. The number of nitrogens with two attached hydrogens (primary N) is 2. The standard InChI is InChI=1S/C23H28N4O4.C16H21N3O5/c24-12-17-6-8-19(9-7-17)27-15-20(31-23(27)30)14-25-10-11-26(21(16-25)22(28)29)13-18-4-2-1-3-5-18;17-5-11-1-3-12(4-2-11)19-9-14(24-16(19)22)8-18-6-13(7-18)23-10-15(20)21/h1-9,20-21H,10-16,24H2,(H,28,29);1-4,13-14H,5-10,17H2,(H,20,21). The second-order valence-electron chi connectivity index (χ2n) is 14.1. The summed E-state index contributed by atoms with van der Waals surface area (Å²) in [6.07, 6.45) is -1.27. The molecule has 7 rings (SSSR count). The van der Waals surface area contributed by atoms with Crippen molar-refractivity contribution in [3.63, 3.8) is 0 Å². The summed E-state index contributed by atoms with van der Waals surface area (Å²) in [5, 5.41) is 18.3. The molecule has 4 aliphatic heterocycles. The monoisotopic (exact) mass is 759 g/mol. The number of carbonyl (C=O) groups excluding carboxylic acids is 2. The van der Waals surface area contributed by atoms with Crippen LogP contribution in [0.5, 0.6) is 0 Å². The summed E-state index contributed by atoms with van der Waals surface area (Å²) in [6.45, 7) is 6.44. The third-order valence-electron chi connectivity index (χ3n) is 10.1. The number of carboxylic acid groups (broad SMARTS) is 2. The van der Waals surface area contributed by atoms with Gasteiger partial charge in [-0.05, 0) is 41.0 Å². The molecule has 6 N–H and O–H groups in total. The Morgan fingerprint density at radius 2 is 1.20 bits per heavy atom. The summed E-state index contributed by atoms with van der Waals surface area (Å²) in [7, 11) is 0. The van der Waals surface area contributed by atoms with Gasteiger partial charge in [0.05, 0.1) is 19.2 Å². The molecule has 4 fully saturated rings. The van der Waals surface area contributed by atoms with Crippen LogP contribution in [0.1, 0.15) is 16.7 Å². The third kappa shape index (κ3) is 10.6. The number of amides is 2. The largest absolute Gasteiger partial charge is 0.480 e. The Balaban J connectivity index is 0.000000193. The first kappa shape index (κ1) is 39.6. The van der Waals surface area contributed by atoms with E-state index in [2.05, 4.69) is 9.80 Å². The van der Waals surface area contributed by atoms with Gasteiger partial charge in [-0.1, -0.05) is 54.6 Å². The van der Waals surface area contributed by atoms with Crippen LogP contribution in [0.15, 0.2) is 78.9 Å². The Morgan fingerprint density at radius 3 is 1.69 bits per heavy atom. The molecule has 4 aliphatic rings. The van der Waals surface area contributed by atoms with E-state index in [1.54, 1.807) is 9.80 Å². The molecule has 0 aliphatic carbocycles. The number of carbonyl (C=O) groups is 4. The number of benzene rings is 3. The highest BCUT2D eigenvalue weighted by molar-refractivity contribution is 5.90. The molecule has 0 bridgehead atoms. The van der Waals surface area contributed by atoms with E-state index in [4.69, 9.17) is 30.8 Å². The van der Waals surface area contributed by atoms with Crippen molar-refractivity contribution in [2.24, 2.45) is 11.5 Å². The maximum Gasteiger partial charge on any atom is 0.414 e. The molecule has 0 saturated carbocycles. The molecule has 3 unspecified atom stereocenters. The highest BCUT2D eigenvalue weighted by Gasteiger charge is 2.38. The van der Waals surface area contributed by atoms with Crippen molar-refractivity contribution in [3.8, 4) is 0 Å². The van der Waals surface area contributed by atoms with Crippen molar-refractivity contribution in [3.05, 3.63) is 95.6 Å². The molecule has 2 amide bonds. The first-order chi connectivity index (χ1) is 26.6. The Labute approximate surface area is 319 Å². The van der Waals surface area contributed by atoms with Gasteiger partial charge in [-0.25, -0.2) is 14.4 Å². The van der Waals surface area contributed by atoms with Crippen molar-refractivity contribution in [1.82, 2.24) is 14.7 Å². The van der Waals surface area contributed by atoms with Crippen LogP contribution in [0, 0.1) is 0 Å². The number of aliphatic carboxylic acids is 2. The highest BCUT2D eigenvalue weighted by Crippen LogP contribution is 2.25. The first-order valence-electron chi connectivity index (χ1n) is 18.4. The van der Waals surface area contributed by atoms with Crippen molar-refractivity contribution in [2.45, 2.75) is 44.0 Å². The van der Waals surface area contributed by atoms with Gasteiger partial charge >= 0.3 is 24.1 Å². The van der Waals surface area contributed by atoms with Gasteiger partial charge in [0.2, 0.25) is 0 Å². The highest BCUT2D eigenvalue weighted by atomic mass is 16.6. The molecule has 4 heterocycles. The zero-order valence-electron chi connectivity index (χ0n) is 30.7. The number of carboxylic acids is 2. The van der Waals surface area contributed by atoms with Crippen molar-refractivity contribution in [2.75, 3.05) is 75.3 Å². The zero-order valence-corrected chi connectivity index (χ0v) is 30.7. The minimum Gasteiger partial charge on any atom is -0.480 e. The van der Waals surface area contributed by atoms with E-state index in [0.717, 1.165) is 34.6 Å². The zero-order chi connectivity index (χ0) is 38.9. The van der Waals surface area contributed by atoms with Gasteiger partial charge in [0, 0.05) is 76.8 Å². The molecule has 55 heavy (non-hydrogen) atoms. The molecule has 0 spiro atoms. The topological polar surface area (TPSA) is 205 Å². The molecular weight excluding hydrogens is 710 g/mol. The Morgan fingerprint density at radius 1 is 0.673 bits per heavy atom. The number of cyclic esters (lactones) is 2. The van der Waals surface area contributed by atoms with E-state index in [-0.39, 0.29) is 37.1 Å². The first-order valence-corrected chi connectivity index (χ1v) is 18.4. The van der Waals surface area contributed by atoms with Gasteiger partial charge in [0.25, 0.3) is 0 Å². The second-order valence-corrected chi connectivity index (χ2v) is 14.1. The maximum absolute atomic E-state index is 12.4. The number of ether oxygens (including phenoxy) is 3. The van der Waals surface area contributed by atoms with Gasteiger partial charge in [-0.15, -0.1) is 0 Å². The van der Waals surface area contributed by atoms with Gasteiger partial charge < -0.3 is 35.9 Å². The summed E-state index contributed by atoms with van der Waals surface area (Å²) in [5.74, 6) is -1.79. The second kappa shape index (κ2) is 18.5. The van der Waals surface area contributed by atoms with Crippen LogP contribution >= 0.6 is 0 Å². The summed E-state index contributed by atoms with van der Waals surface area (Å²) in [4.78, 5) is 56.2. The van der Waals surface area contributed by atoms with Crippen LogP contribution in [0.3, 0.4) is 0 Å². The van der Waals surface area contributed by atoms with Gasteiger partial charge in [0.15, 0.2) is 0 Å². The fourth-order valence-electron chi connectivity index (χ4n) is 7.11. The Bertz CT molecular complexity index is 1760. The summed E-state index contributed by atoms with van der Waals surface area (Å²) in [5.41, 5.74) is 15.9. The van der Waals surface area contributed by atoms with E-state index in [1.165, 1.54) is 0 Å². The number of hydrogen-bond acceptors (Lipinski definition) is 12. The lowest BCUT2D eigenvalue weighted by Gasteiger charge is -2.39. The Kier molecular flexibility index (Phi) is 13.3. The normalized spacial score (nSPS) is 22.1. The van der Waals surface area contributed by atoms with Gasteiger partial charge in [-0.3, -0.25) is 29.3 Å². The lowest BCUT2D eigenvalue weighted by Crippen LogP contribution is -2.57. The lowest BCUT2D eigenvalue weighted by atomic mass is 10.1. The summed E-state index contributed by atoms with van der Waals surface area (Å²) < 4.78 is 16.2. The van der Waals surface area contributed by atoms with Gasteiger partial charge in [-0.2, -0.15) is 0 Å². The van der Waals surface area contributed by atoms with Crippen molar-refractivity contribution < 1.29 is 43.6 Å². The number of likely N-dealkylation sites (tertiary alicyclic amines) is 1. The van der Waals surface area contributed by atoms with Gasteiger partial charge in [0.1, 0.15) is 24.9 Å². The maximum atomic E-state index is 12.4. The van der Waals surface area contributed by atoms with Crippen LogP contribution in [0.4, 0.5) is 21.0 Å². The summed E-state index contributed by atoms with van der Waals surface area (Å²) >= 11 is 0. The molecule has 294 valence electrons. The Hall–Kier alpha value is -5.10. The lowest BCUT2D eigenvalue weighted by molar-refractivity contribution is -0.149. The molecule has 0 radical (unpaired) electrons. The minimum absolute atomic E-state index is 0.0573. The smallest absolute Gasteiger partial charge is 0.414 e. The van der Waals surface area contributed by atoms with E-state index in [0.29, 0.717) is 72.0 Å². The number of anilines is 2. The molecule has 3 atom stereocenters. The van der Waals surface area contributed by atoms with E-state index >= 15 is 0 Å². The molecule has 3 aromatic rings. The van der Waals surface area contributed by atoms with Crippen LogP contribution in [-0.4, -0.2) is 139 Å². The fraction of sp³-hybridized carbons (Fsp3) is 0.436. The average molecular weight is 760 g/mol. The number of nitrogens with zero attached hydrogens (tertiary/aromatic N) is 5. The van der Waals surface area contributed by atoms with E-state index in [9.17, 15) is 24.3 Å². The molecule has 0 aromatic heterocycles. The summed E-state index contributed by atoms with van der Waals surface area (Å²) in [6, 6.07) is 24.4. The fourth-order valence-corrected chi connectivity index (χ4v) is 7.11. The van der Waals surface area contributed by atoms with Crippen molar-refractivity contribution in [1.29, 1.82) is 0 Å². The van der Waals surface area contributed by atoms with Crippen LogP contribution in [0.25, 0.3) is 0 Å². The number of rotatable bonds is 14. The SMILES string of the molecule is NCc1ccc(N2CC(CN3CC(OCC(=O)O)C3)OC2=O)cc1.NCc1ccc(N2CC(CN3CCN(Cc4ccccc4)C(C(=O)O)C3)OC2=O)cc1. The minimum atomic E-state index is -0.963. The van der Waals surface area contributed by atoms with E-state index < -0.39 is 18.0 Å². The molecular formula is C39H49N7O9. The predicted molar refractivity (Wildman–Crippen MR) is 202 cm³/mol.